The molecule has 0 spiro atoms. The third kappa shape index (κ3) is 7.05. The van der Waals surface area contributed by atoms with Crippen molar-refractivity contribution in [2.75, 3.05) is 5.32 Å². The van der Waals surface area contributed by atoms with Crippen molar-refractivity contribution >= 4 is 40.3 Å². The fraction of sp³-hybridized carbons (Fsp3) is 0.154. The number of hydrogen-bond donors (Lipinski definition) is 3. The highest BCUT2D eigenvalue weighted by Gasteiger charge is 2.26. The molecule has 3 N–H and O–H groups in total. The summed E-state index contributed by atoms with van der Waals surface area (Å²) in [5.74, 6) is -1.77. The van der Waals surface area contributed by atoms with E-state index in [9.17, 15) is 24.3 Å². The van der Waals surface area contributed by atoms with Crippen molar-refractivity contribution < 1.29 is 24.3 Å². The number of nitrogens with one attached hydrogen (secondary N) is 2. The third-order valence-electron chi connectivity index (χ3n) is 4.94. The fourth-order valence-electron chi connectivity index (χ4n) is 3.08. The normalized spacial score (nSPS) is 12.3. The van der Waals surface area contributed by atoms with Crippen molar-refractivity contribution in [1.29, 1.82) is 0 Å². The molecule has 0 aliphatic heterocycles. The van der Waals surface area contributed by atoms with Gasteiger partial charge in [0.05, 0.1) is 6.04 Å². The van der Waals surface area contributed by atoms with Crippen LogP contribution in [0.5, 0.6) is 0 Å². The summed E-state index contributed by atoms with van der Waals surface area (Å²) in [4.78, 5) is 48.8. The van der Waals surface area contributed by atoms with Gasteiger partial charge in [-0.25, -0.2) is 0 Å². The van der Waals surface area contributed by atoms with Crippen LogP contribution in [0.4, 0.5) is 5.69 Å². The molecule has 0 aliphatic carbocycles. The molecule has 0 aromatic heterocycles. The molecule has 2 atom stereocenters. The molecule has 0 unspecified atom stereocenters. The predicted octanol–water partition coefficient (Wildman–Crippen LogP) is 4.01. The first-order chi connectivity index (χ1) is 16.3. The van der Waals surface area contributed by atoms with Gasteiger partial charge in [0.15, 0.2) is 0 Å². The first kappa shape index (κ1) is 24.7. The van der Waals surface area contributed by atoms with E-state index in [2.05, 4.69) is 10.6 Å². The number of aliphatic carboxylic acids is 1. The number of carbonyl (C=O) groups excluding carboxylic acids is 3. The van der Waals surface area contributed by atoms with Gasteiger partial charge in [-0.15, -0.1) is 0 Å². The summed E-state index contributed by atoms with van der Waals surface area (Å²) in [6.07, 6.45) is 0.109. The van der Waals surface area contributed by atoms with Gasteiger partial charge < -0.3 is 15.7 Å². The summed E-state index contributed by atoms with van der Waals surface area (Å²) in [6.45, 7) is 1.53. The highest BCUT2D eigenvalue weighted by atomic mass is 32.2. The number of carbonyl (C=O) groups is 4. The van der Waals surface area contributed by atoms with Crippen LogP contribution in [0.1, 0.15) is 33.2 Å². The molecule has 0 radical (unpaired) electrons. The Bertz CT molecular complexity index is 1150. The van der Waals surface area contributed by atoms with Gasteiger partial charge in [0.1, 0.15) is 5.25 Å². The predicted molar refractivity (Wildman–Crippen MR) is 132 cm³/mol. The summed E-state index contributed by atoms with van der Waals surface area (Å²) in [6, 6.07) is 23.2. The van der Waals surface area contributed by atoms with Gasteiger partial charge in [-0.05, 0) is 55.3 Å². The minimum atomic E-state index is -1.12. The zero-order chi connectivity index (χ0) is 24.5. The van der Waals surface area contributed by atoms with E-state index in [1.54, 1.807) is 78.9 Å². The van der Waals surface area contributed by atoms with E-state index < -0.39 is 28.3 Å². The minimum absolute atomic E-state index is 0.109. The van der Waals surface area contributed by atoms with Crippen molar-refractivity contribution in [3.8, 4) is 0 Å². The van der Waals surface area contributed by atoms with Crippen LogP contribution < -0.4 is 10.6 Å². The molecule has 8 heteroatoms. The lowest BCUT2D eigenvalue weighted by Gasteiger charge is -2.16. The van der Waals surface area contributed by atoms with Gasteiger partial charge in [-0.3, -0.25) is 19.2 Å². The summed E-state index contributed by atoms with van der Waals surface area (Å²) < 4.78 is 0. The van der Waals surface area contributed by atoms with Crippen molar-refractivity contribution in [3.63, 3.8) is 0 Å². The Hall–Kier alpha value is -3.91. The van der Waals surface area contributed by atoms with Gasteiger partial charge in [-0.2, -0.15) is 0 Å². The van der Waals surface area contributed by atoms with Crippen LogP contribution >= 0.6 is 11.8 Å². The van der Waals surface area contributed by atoms with Crippen molar-refractivity contribution in [3.05, 3.63) is 102 Å². The number of rotatable bonds is 9. The molecule has 0 bridgehead atoms. The van der Waals surface area contributed by atoms with Crippen LogP contribution in [0.3, 0.4) is 0 Å². The van der Waals surface area contributed by atoms with Gasteiger partial charge in [0.2, 0.25) is 5.12 Å². The van der Waals surface area contributed by atoms with Gasteiger partial charge in [0.25, 0.3) is 11.8 Å². The van der Waals surface area contributed by atoms with Gasteiger partial charge in [0, 0.05) is 16.8 Å². The van der Waals surface area contributed by atoms with Crippen LogP contribution in [-0.2, 0) is 16.0 Å². The lowest BCUT2D eigenvalue weighted by Crippen LogP contribution is -2.38. The second-order valence-electron chi connectivity index (χ2n) is 7.55. The number of anilines is 1. The third-order valence-corrected chi connectivity index (χ3v) is 6.18. The second-order valence-corrected chi connectivity index (χ2v) is 8.75. The zero-order valence-electron chi connectivity index (χ0n) is 18.4. The summed E-state index contributed by atoms with van der Waals surface area (Å²) >= 11 is 0.682. The smallest absolute Gasteiger partial charge is 0.317 e. The monoisotopic (exact) mass is 476 g/mol. The Morgan fingerprint density at radius 3 is 1.85 bits per heavy atom. The Balaban J connectivity index is 1.56. The first-order valence-corrected chi connectivity index (χ1v) is 11.5. The number of thioether (sulfide) groups is 1. The molecule has 7 nitrogen and oxygen atoms in total. The fourth-order valence-corrected chi connectivity index (χ4v) is 4.00. The molecule has 0 fully saturated rings. The maximum atomic E-state index is 12.6. The number of benzene rings is 3. The topological polar surface area (TPSA) is 113 Å². The molecule has 3 aromatic rings. The van der Waals surface area contributed by atoms with E-state index in [1.807, 2.05) is 6.07 Å². The van der Waals surface area contributed by atoms with E-state index in [4.69, 9.17) is 0 Å². The SMILES string of the molecule is C[C@@H](NC(=O)c1ccccc1)C(=O)S[C@H](Cc1ccc(NC(=O)c2ccccc2)cc1)C(=O)O. The van der Waals surface area contributed by atoms with E-state index in [0.717, 1.165) is 0 Å². The molecule has 0 saturated carbocycles. The minimum Gasteiger partial charge on any atom is -0.480 e. The highest BCUT2D eigenvalue weighted by Crippen LogP contribution is 2.21. The lowest BCUT2D eigenvalue weighted by molar-refractivity contribution is -0.136. The highest BCUT2D eigenvalue weighted by molar-refractivity contribution is 8.14. The molecule has 0 saturated heterocycles. The van der Waals surface area contributed by atoms with E-state index in [0.29, 0.717) is 34.1 Å². The Labute approximate surface area is 201 Å². The number of carboxylic acid groups (broad SMARTS) is 1. The summed E-state index contributed by atoms with van der Waals surface area (Å²) in [7, 11) is 0. The molecule has 34 heavy (non-hydrogen) atoms. The average molecular weight is 477 g/mol. The molecule has 3 rings (SSSR count). The second kappa shape index (κ2) is 11.8. The van der Waals surface area contributed by atoms with Crippen LogP contribution in [0.2, 0.25) is 0 Å². The van der Waals surface area contributed by atoms with Crippen LogP contribution in [0.15, 0.2) is 84.9 Å². The molecule has 174 valence electrons. The maximum absolute atomic E-state index is 12.6. The van der Waals surface area contributed by atoms with Crippen molar-refractivity contribution in [1.82, 2.24) is 5.32 Å². The summed E-state index contributed by atoms with van der Waals surface area (Å²) in [5.41, 5.74) is 2.22. The standard InChI is InChI=1S/C26H24N2O5S/c1-17(27-23(29)19-8-4-2-5-9-19)26(33)34-22(25(31)32)16-18-12-14-21(15-13-18)28-24(30)20-10-6-3-7-11-20/h2-15,17,22H,16H2,1H3,(H,27,29)(H,28,30)(H,31,32)/t17-,22-/m1/s1. The molecule has 0 heterocycles. The number of carboxylic acids is 1. The molecular formula is C26H24N2O5S. The number of hydrogen-bond acceptors (Lipinski definition) is 5. The number of amides is 2. The van der Waals surface area contributed by atoms with Gasteiger partial charge >= 0.3 is 5.97 Å². The van der Waals surface area contributed by atoms with E-state index in [1.165, 1.54) is 6.92 Å². The molecule has 2 amide bonds. The Morgan fingerprint density at radius 2 is 1.32 bits per heavy atom. The Morgan fingerprint density at radius 1 is 0.794 bits per heavy atom. The van der Waals surface area contributed by atoms with Crippen molar-refractivity contribution in [2.24, 2.45) is 0 Å². The van der Waals surface area contributed by atoms with E-state index >= 15 is 0 Å². The average Bonchev–Trinajstić information content (AvgIpc) is 2.85. The van der Waals surface area contributed by atoms with Crippen LogP contribution in [0, 0.1) is 0 Å². The molecular weight excluding hydrogens is 452 g/mol. The quantitative estimate of drug-likeness (QED) is 0.430. The molecule has 0 aliphatic rings. The first-order valence-electron chi connectivity index (χ1n) is 10.6. The maximum Gasteiger partial charge on any atom is 0.317 e. The van der Waals surface area contributed by atoms with E-state index in [-0.39, 0.29) is 12.3 Å². The Kier molecular flexibility index (Phi) is 8.59. The van der Waals surface area contributed by atoms with Gasteiger partial charge in [-0.1, -0.05) is 60.3 Å². The van der Waals surface area contributed by atoms with Crippen LogP contribution in [0.25, 0.3) is 0 Å². The van der Waals surface area contributed by atoms with Crippen molar-refractivity contribution in [2.45, 2.75) is 24.6 Å². The lowest BCUT2D eigenvalue weighted by atomic mass is 10.1. The zero-order valence-corrected chi connectivity index (χ0v) is 19.2. The molecule has 3 aromatic carbocycles. The largest absolute Gasteiger partial charge is 0.480 e. The van der Waals surface area contributed by atoms with Crippen LogP contribution in [-0.4, -0.2) is 39.3 Å². The summed E-state index contributed by atoms with van der Waals surface area (Å²) in [5, 5.41) is 13.5.